The molecule has 2 aromatic rings. The molecule has 0 spiro atoms. The molecule has 0 aliphatic heterocycles. The molecule has 0 aromatic carbocycles. The van der Waals surface area contributed by atoms with Crippen LogP contribution in [0.4, 0.5) is 0 Å². The molecule has 7 heteroatoms. The van der Waals surface area contributed by atoms with Crippen LogP contribution in [0.2, 0.25) is 0 Å². The normalized spacial score (nSPS) is 11.2. The highest BCUT2D eigenvalue weighted by Crippen LogP contribution is 2.15. The van der Waals surface area contributed by atoms with Crippen molar-refractivity contribution in [3.8, 4) is 0 Å². The van der Waals surface area contributed by atoms with E-state index in [9.17, 15) is 0 Å². The van der Waals surface area contributed by atoms with Gasteiger partial charge >= 0.3 is 0 Å². The number of aromatic amines is 1. The molecule has 3 N–H and O–H groups in total. The fourth-order valence-electron chi connectivity index (χ4n) is 2.18. The summed E-state index contributed by atoms with van der Waals surface area (Å²) in [4.78, 5) is 7.26. The topological polar surface area (TPSA) is 65.1 Å². The zero-order valence-electron chi connectivity index (χ0n) is 14.0. The number of halogens is 1. The Morgan fingerprint density at radius 3 is 2.74 bits per heavy atom. The zero-order valence-corrected chi connectivity index (χ0v) is 17.1. The van der Waals surface area contributed by atoms with Crippen LogP contribution in [0.5, 0.6) is 0 Å². The first-order valence-electron chi connectivity index (χ1n) is 7.75. The lowest BCUT2D eigenvalue weighted by atomic mass is 10.1. The molecule has 2 rings (SSSR count). The lowest BCUT2D eigenvalue weighted by Crippen LogP contribution is -2.37. The summed E-state index contributed by atoms with van der Waals surface area (Å²) in [5.74, 6) is 0.887. The van der Waals surface area contributed by atoms with E-state index in [0.29, 0.717) is 0 Å². The van der Waals surface area contributed by atoms with Crippen molar-refractivity contribution in [1.82, 2.24) is 20.8 Å². The fourth-order valence-corrected chi connectivity index (χ4v) is 3.00. The highest BCUT2D eigenvalue weighted by molar-refractivity contribution is 14.0. The van der Waals surface area contributed by atoms with Crippen molar-refractivity contribution in [3.63, 3.8) is 0 Å². The molecule has 0 saturated heterocycles. The van der Waals surface area contributed by atoms with Crippen molar-refractivity contribution in [3.05, 3.63) is 39.3 Å². The van der Waals surface area contributed by atoms with E-state index in [1.165, 1.54) is 15.3 Å². The van der Waals surface area contributed by atoms with Gasteiger partial charge in [0.15, 0.2) is 5.96 Å². The Balaban J connectivity index is 0.00000264. The van der Waals surface area contributed by atoms with Gasteiger partial charge in [0, 0.05) is 28.5 Å². The van der Waals surface area contributed by atoms with Crippen molar-refractivity contribution in [1.29, 1.82) is 0 Å². The second-order valence-corrected chi connectivity index (χ2v) is 6.63. The van der Waals surface area contributed by atoms with Crippen LogP contribution in [0, 0.1) is 13.8 Å². The third kappa shape index (κ3) is 6.90. The highest BCUT2D eigenvalue weighted by Gasteiger charge is 2.02. The molecule has 0 bridgehead atoms. The van der Waals surface area contributed by atoms with Crippen LogP contribution >= 0.6 is 35.3 Å². The van der Waals surface area contributed by atoms with Gasteiger partial charge in [0.2, 0.25) is 0 Å². The van der Waals surface area contributed by atoms with Crippen molar-refractivity contribution in [2.45, 2.75) is 40.2 Å². The molecule has 23 heavy (non-hydrogen) atoms. The van der Waals surface area contributed by atoms with Crippen LogP contribution in [0.15, 0.2) is 23.3 Å². The molecule has 2 heterocycles. The number of thiophene rings is 1. The average Bonchev–Trinajstić information content (AvgIpc) is 3.09. The Kier molecular flexibility index (Phi) is 9.23. The average molecular weight is 447 g/mol. The van der Waals surface area contributed by atoms with E-state index in [1.54, 1.807) is 11.3 Å². The van der Waals surface area contributed by atoms with Gasteiger partial charge in [0.1, 0.15) is 0 Å². The van der Waals surface area contributed by atoms with E-state index in [2.05, 4.69) is 58.7 Å². The molecule has 0 aliphatic carbocycles. The second-order valence-electron chi connectivity index (χ2n) is 5.26. The van der Waals surface area contributed by atoms with E-state index in [0.717, 1.165) is 44.1 Å². The van der Waals surface area contributed by atoms with Gasteiger partial charge in [-0.25, -0.2) is 4.99 Å². The number of H-pyrrole nitrogens is 1. The van der Waals surface area contributed by atoms with E-state index >= 15 is 0 Å². The van der Waals surface area contributed by atoms with Crippen molar-refractivity contribution >= 4 is 41.3 Å². The zero-order chi connectivity index (χ0) is 15.8. The molecule has 0 radical (unpaired) electrons. The maximum Gasteiger partial charge on any atom is 0.191 e. The number of aromatic nitrogens is 2. The summed E-state index contributed by atoms with van der Waals surface area (Å²) in [6.45, 7) is 8.77. The second kappa shape index (κ2) is 10.6. The lowest BCUT2D eigenvalue weighted by molar-refractivity contribution is 0.742. The highest BCUT2D eigenvalue weighted by atomic mass is 127. The van der Waals surface area contributed by atoms with Crippen LogP contribution in [0.25, 0.3) is 0 Å². The SMILES string of the molecule is CCNC(=NCc1ccc(C)s1)NCCCc1cn[nH]c1C.I. The first-order chi connectivity index (χ1) is 10.7. The van der Waals surface area contributed by atoms with E-state index in [1.807, 2.05) is 6.20 Å². The number of hydrogen-bond donors (Lipinski definition) is 3. The van der Waals surface area contributed by atoms with Crippen molar-refractivity contribution < 1.29 is 0 Å². The summed E-state index contributed by atoms with van der Waals surface area (Å²) >= 11 is 1.80. The maximum absolute atomic E-state index is 4.64. The molecular formula is C16H26IN5S. The molecular weight excluding hydrogens is 421 g/mol. The summed E-state index contributed by atoms with van der Waals surface area (Å²) in [5, 5.41) is 13.7. The van der Waals surface area contributed by atoms with Crippen LogP contribution in [-0.4, -0.2) is 29.2 Å². The monoisotopic (exact) mass is 447 g/mol. The molecule has 0 atom stereocenters. The van der Waals surface area contributed by atoms with Crippen LogP contribution in [-0.2, 0) is 13.0 Å². The van der Waals surface area contributed by atoms with Gasteiger partial charge in [-0.05, 0) is 51.3 Å². The van der Waals surface area contributed by atoms with Gasteiger partial charge in [-0.2, -0.15) is 5.10 Å². The van der Waals surface area contributed by atoms with Gasteiger partial charge in [-0.1, -0.05) is 0 Å². The molecule has 128 valence electrons. The Morgan fingerprint density at radius 1 is 1.30 bits per heavy atom. The predicted molar refractivity (Wildman–Crippen MR) is 109 cm³/mol. The Hall–Kier alpha value is -1.09. The minimum Gasteiger partial charge on any atom is -0.357 e. The summed E-state index contributed by atoms with van der Waals surface area (Å²) in [6.07, 6.45) is 4.00. The maximum atomic E-state index is 4.64. The summed E-state index contributed by atoms with van der Waals surface area (Å²) in [7, 11) is 0. The number of aryl methyl sites for hydroxylation is 3. The molecule has 0 aliphatic rings. The Morgan fingerprint density at radius 2 is 2.13 bits per heavy atom. The number of nitrogens with one attached hydrogen (secondary N) is 3. The molecule has 0 fully saturated rings. The Labute approximate surface area is 159 Å². The molecule has 0 amide bonds. The summed E-state index contributed by atoms with van der Waals surface area (Å²) in [6, 6.07) is 4.29. The standard InChI is InChI=1S/C16H25N5S.HI/c1-4-17-16(19-11-15-8-7-12(2)22-15)18-9-5-6-14-10-20-21-13(14)3;/h7-8,10H,4-6,9,11H2,1-3H3,(H,20,21)(H2,17,18,19);1H. The van der Waals surface area contributed by atoms with Crippen molar-refractivity contribution in [2.24, 2.45) is 4.99 Å². The first kappa shape index (κ1) is 20.0. The van der Waals surface area contributed by atoms with Crippen molar-refractivity contribution in [2.75, 3.05) is 13.1 Å². The number of hydrogen-bond acceptors (Lipinski definition) is 3. The number of nitrogens with zero attached hydrogens (tertiary/aromatic N) is 2. The minimum absolute atomic E-state index is 0. The minimum atomic E-state index is 0. The molecule has 0 saturated carbocycles. The fraction of sp³-hybridized carbons (Fsp3) is 0.500. The third-order valence-corrected chi connectivity index (χ3v) is 4.37. The molecule has 5 nitrogen and oxygen atoms in total. The van der Waals surface area contributed by atoms with E-state index in [-0.39, 0.29) is 24.0 Å². The summed E-state index contributed by atoms with van der Waals surface area (Å²) in [5.41, 5.74) is 2.45. The van der Waals surface area contributed by atoms with Crippen LogP contribution in [0.1, 0.15) is 34.4 Å². The van der Waals surface area contributed by atoms with E-state index < -0.39 is 0 Å². The molecule has 2 aromatic heterocycles. The van der Waals surface area contributed by atoms with Gasteiger partial charge in [0.05, 0.1) is 12.7 Å². The first-order valence-corrected chi connectivity index (χ1v) is 8.57. The van der Waals surface area contributed by atoms with Gasteiger partial charge in [-0.15, -0.1) is 35.3 Å². The predicted octanol–water partition coefficient (Wildman–Crippen LogP) is 3.39. The Bertz CT molecular complexity index is 605. The van der Waals surface area contributed by atoms with Crippen LogP contribution < -0.4 is 10.6 Å². The van der Waals surface area contributed by atoms with Gasteiger partial charge < -0.3 is 10.6 Å². The van der Waals surface area contributed by atoms with Gasteiger partial charge in [0.25, 0.3) is 0 Å². The smallest absolute Gasteiger partial charge is 0.191 e. The summed E-state index contributed by atoms with van der Waals surface area (Å²) < 4.78 is 0. The molecule has 0 unspecified atom stereocenters. The van der Waals surface area contributed by atoms with E-state index in [4.69, 9.17) is 0 Å². The number of guanidine groups is 1. The van der Waals surface area contributed by atoms with Crippen LogP contribution in [0.3, 0.4) is 0 Å². The lowest BCUT2D eigenvalue weighted by Gasteiger charge is -2.10. The number of aliphatic imine (C=N–C) groups is 1. The van der Waals surface area contributed by atoms with Gasteiger partial charge in [-0.3, -0.25) is 5.10 Å². The third-order valence-electron chi connectivity index (χ3n) is 3.38. The number of rotatable bonds is 7. The quantitative estimate of drug-likeness (QED) is 0.264. The largest absolute Gasteiger partial charge is 0.357 e.